The predicted octanol–water partition coefficient (Wildman–Crippen LogP) is 3.01. The molecule has 15 heavy (non-hydrogen) atoms. The largest absolute Gasteiger partial charge is 0.303 e. The molecule has 2 heteroatoms. The van der Waals surface area contributed by atoms with Crippen LogP contribution in [0, 0.1) is 0 Å². The van der Waals surface area contributed by atoms with Gasteiger partial charge in [0.25, 0.3) is 0 Å². The molecule has 1 fully saturated rings. The molecule has 1 rings (SSSR count). The van der Waals surface area contributed by atoms with Crippen molar-refractivity contribution in [2.75, 3.05) is 13.6 Å². The van der Waals surface area contributed by atoms with Gasteiger partial charge in [-0.3, -0.25) is 4.79 Å². The van der Waals surface area contributed by atoms with Gasteiger partial charge in [-0.15, -0.1) is 0 Å². The highest BCUT2D eigenvalue weighted by molar-refractivity contribution is 5.77. The van der Waals surface area contributed by atoms with Crippen molar-refractivity contribution >= 4 is 5.78 Å². The molecule has 0 spiro atoms. The van der Waals surface area contributed by atoms with Gasteiger partial charge in [-0.2, -0.15) is 0 Å². The maximum atomic E-state index is 11.2. The van der Waals surface area contributed by atoms with Gasteiger partial charge in [-0.1, -0.05) is 26.2 Å². The van der Waals surface area contributed by atoms with E-state index in [2.05, 4.69) is 11.9 Å². The van der Waals surface area contributed by atoms with Gasteiger partial charge in [-0.25, -0.2) is 0 Å². The van der Waals surface area contributed by atoms with Crippen molar-refractivity contribution in [2.45, 2.75) is 64.3 Å². The molecule has 2 nitrogen and oxygen atoms in total. The van der Waals surface area contributed by atoms with Gasteiger partial charge in [0.2, 0.25) is 0 Å². The zero-order chi connectivity index (χ0) is 11.1. The SMILES string of the molecule is CCC(=O)CCCN(C)C1CCCCC1. The topological polar surface area (TPSA) is 20.3 Å². The van der Waals surface area contributed by atoms with Crippen molar-refractivity contribution in [2.24, 2.45) is 0 Å². The molecule has 1 saturated carbocycles. The number of rotatable bonds is 6. The summed E-state index contributed by atoms with van der Waals surface area (Å²) in [5, 5.41) is 0. The van der Waals surface area contributed by atoms with E-state index in [0.717, 1.165) is 25.4 Å². The zero-order valence-electron chi connectivity index (χ0n) is 10.3. The summed E-state index contributed by atoms with van der Waals surface area (Å²) >= 11 is 0. The van der Waals surface area contributed by atoms with Crippen molar-refractivity contribution < 1.29 is 4.79 Å². The molecular formula is C13H25NO. The fourth-order valence-electron chi connectivity index (χ4n) is 2.41. The van der Waals surface area contributed by atoms with Crippen LogP contribution in [0.25, 0.3) is 0 Å². The molecule has 0 saturated heterocycles. The monoisotopic (exact) mass is 211 g/mol. The average Bonchev–Trinajstić information content (AvgIpc) is 2.29. The Hall–Kier alpha value is -0.370. The summed E-state index contributed by atoms with van der Waals surface area (Å²) in [4.78, 5) is 13.6. The number of Topliss-reactive ketones (excluding diaryl/α,β-unsaturated/α-hetero) is 1. The van der Waals surface area contributed by atoms with Crippen LogP contribution in [0.1, 0.15) is 58.3 Å². The normalized spacial score (nSPS) is 18.3. The molecule has 0 unspecified atom stereocenters. The Balaban J connectivity index is 2.11. The number of carbonyl (C=O) groups excluding carboxylic acids is 1. The summed E-state index contributed by atoms with van der Waals surface area (Å²) in [5.74, 6) is 0.409. The van der Waals surface area contributed by atoms with Crippen LogP contribution in [-0.2, 0) is 4.79 Å². The van der Waals surface area contributed by atoms with Gasteiger partial charge >= 0.3 is 0 Å². The average molecular weight is 211 g/mol. The molecule has 0 amide bonds. The second-order valence-electron chi connectivity index (χ2n) is 4.77. The van der Waals surface area contributed by atoms with Gasteiger partial charge in [0, 0.05) is 18.9 Å². The van der Waals surface area contributed by atoms with Gasteiger partial charge in [-0.05, 0) is 32.9 Å². The highest BCUT2D eigenvalue weighted by Gasteiger charge is 2.17. The fraction of sp³-hybridized carbons (Fsp3) is 0.923. The lowest BCUT2D eigenvalue weighted by molar-refractivity contribution is -0.118. The van der Waals surface area contributed by atoms with Gasteiger partial charge in [0.05, 0.1) is 0 Å². The Morgan fingerprint density at radius 1 is 1.27 bits per heavy atom. The molecule has 0 bridgehead atoms. The molecule has 0 N–H and O–H groups in total. The summed E-state index contributed by atoms with van der Waals surface area (Å²) in [6.45, 7) is 3.05. The standard InChI is InChI=1S/C13H25NO/c1-3-13(15)10-7-11-14(2)12-8-5-4-6-9-12/h12H,3-11H2,1-2H3. The fourth-order valence-corrected chi connectivity index (χ4v) is 2.41. The molecule has 0 aliphatic heterocycles. The van der Waals surface area contributed by atoms with E-state index >= 15 is 0 Å². The maximum absolute atomic E-state index is 11.2. The van der Waals surface area contributed by atoms with Crippen molar-refractivity contribution in [1.29, 1.82) is 0 Å². The summed E-state index contributed by atoms with van der Waals surface area (Å²) < 4.78 is 0. The number of hydrogen-bond donors (Lipinski definition) is 0. The van der Waals surface area contributed by atoms with Crippen LogP contribution in [0.3, 0.4) is 0 Å². The number of ketones is 1. The summed E-state index contributed by atoms with van der Waals surface area (Å²) in [7, 11) is 2.21. The molecule has 1 aliphatic carbocycles. The van der Waals surface area contributed by atoms with Crippen LogP contribution >= 0.6 is 0 Å². The van der Waals surface area contributed by atoms with Crippen LogP contribution < -0.4 is 0 Å². The molecule has 0 radical (unpaired) electrons. The van der Waals surface area contributed by atoms with Gasteiger partial charge in [0.1, 0.15) is 5.78 Å². The first-order valence-electron chi connectivity index (χ1n) is 6.46. The van der Waals surface area contributed by atoms with E-state index in [9.17, 15) is 4.79 Å². The Kier molecular flexibility index (Phi) is 5.92. The van der Waals surface area contributed by atoms with Crippen LogP contribution in [0.5, 0.6) is 0 Å². The highest BCUT2D eigenvalue weighted by Crippen LogP contribution is 2.21. The lowest BCUT2D eigenvalue weighted by atomic mass is 9.94. The predicted molar refractivity (Wildman–Crippen MR) is 64.0 cm³/mol. The molecule has 0 aromatic rings. The quantitative estimate of drug-likeness (QED) is 0.673. The third-order valence-corrected chi connectivity index (χ3v) is 3.56. The molecule has 1 aliphatic rings. The smallest absolute Gasteiger partial charge is 0.132 e. The maximum Gasteiger partial charge on any atom is 0.132 e. The van der Waals surface area contributed by atoms with Crippen LogP contribution in [0.2, 0.25) is 0 Å². The Bertz CT molecular complexity index is 185. The lowest BCUT2D eigenvalue weighted by Gasteiger charge is -2.31. The van der Waals surface area contributed by atoms with E-state index in [-0.39, 0.29) is 0 Å². The summed E-state index contributed by atoms with van der Waals surface area (Å²) in [6.07, 6.45) is 9.43. The van der Waals surface area contributed by atoms with E-state index in [4.69, 9.17) is 0 Å². The van der Waals surface area contributed by atoms with E-state index in [1.807, 2.05) is 6.92 Å². The first-order chi connectivity index (χ1) is 7.24. The number of carbonyl (C=O) groups is 1. The zero-order valence-corrected chi connectivity index (χ0v) is 10.3. The second kappa shape index (κ2) is 7.00. The van der Waals surface area contributed by atoms with E-state index in [0.29, 0.717) is 12.2 Å². The molecule has 0 aromatic heterocycles. The van der Waals surface area contributed by atoms with E-state index in [1.54, 1.807) is 0 Å². The minimum Gasteiger partial charge on any atom is -0.303 e. The Morgan fingerprint density at radius 2 is 1.93 bits per heavy atom. The van der Waals surface area contributed by atoms with Gasteiger partial charge < -0.3 is 4.90 Å². The Labute approximate surface area is 94.0 Å². The van der Waals surface area contributed by atoms with E-state index < -0.39 is 0 Å². The lowest BCUT2D eigenvalue weighted by Crippen LogP contribution is -2.34. The van der Waals surface area contributed by atoms with Crippen molar-refractivity contribution in [3.63, 3.8) is 0 Å². The summed E-state index contributed by atoms with van der Waals surface area (Å²) in [5.41, 5.74) is 0. The molecular weight excluding hydrogens is 186 g/mol. The molecule has 88 valence electrons. The van der Waals surface area contributed by atoms with E-state index in [1.165, 1.54) is 32.1 Å². The molecule has 0 atom stereocenters. The molecule has 0 aromatic carbocycles. The molecule has 0 heterocycles. The minimum absolute atomic E-state index is 0.409. The van der Waals surface area contributed by atoms with Crippen LogP contribution in [0.15, 0.2) is 0 Å². The van der Waals surface area contributed by atoms with Crippen molar-refractivity contribution in [3.05, 3.63) is 0 Å². The summed E-state index contributed by atoms with van der Waals surface area (Å²) in [6, 6.07) is 0.787. The minimum atomic E-state index is 0.409. The van der Waals surface area contributed by atoms with Crippen molar-refractivity contribution in [1.82, 2.24) is 4.90 Å². The van der Waals surface area contributed by atoms with Crippen LogP contribution in [-0.4, -0.2) is 30.3 Å². The first kappa shape index (κ1) is 12.7. The van der Waals surface area contributed by atoms with Crippen LogP contribution in [0.4, 0.5) is 0 Å². The number of nitrogens with zero attached hydrogens (tertiary/aromatic N) is 1. The first-order valence-corrected chi connectivity index (χ1v) is 6.46. The number of hydrogen-bond acceptors (Lipinski definition) is 2. The third-order valence-electron chi connectivity index (χ3n) is 3.56. The third kappa shape index (κ3) is 4.78. The second-order valence-corrected chi connectivity index (χ2v) is 4.77. The Morgan fingerprint density at radius 3 is 2.53 bits per heavy atom. The highest BCUT2D eigenvalue weighted by atomic mass is 16.1. The van der Waals surface area contributed by atoms with Crippen molar-refractivity contribution in [3.8, 4) is 0 Å². The van der Waals surface area contributed by atoms with Gasteiger partial charge in [0.15, 0.2) is 0 Å².